The van der Waals surface area contributed by atoms with Gasteiger partial charge in [-0.25, -0.2) is 0 Å². The molecule has 1 aromatic rings. The van der Waals surface area contributed by atoms with Gasteiger partial charge in [0.15, 0.2) is 0 Å². The summed E-state index contributed by atoms with van der Waals surface area (Å²) in [4.78, 5) is 0. The van der Waals surface area contributed by atoms with Crippen LogP contribution >= 0.6 is 0 Å². The average molecular weight is 197 g/mol. The minimum absolute atomic E-state index is 0.916. The van der Waals surface area contributed by atoms with Crippen LogP contribution in [0.15, 0.2) is 60.1 Å². The largest absolute Gasteiger partial charge is 0.463 e. The zero-order valence-electron chi connectivity index (χ0n) is 8.23. The quantitative estimate of drug-likeness (QED) is 0.690. The summed E-state index contributed by atoms with van der Waals surface area (Å²) < 4.78 is 5.62. The number of dihydropyridines is 1. The van der Waals surface area contributed by atoms with Crippen LogP contribution in [0, 0.1) is 0 Å². The lowest BCUT2D eigenvalue weighted by atomic mass is 10.0. The summed E-state index contributed by atoms with van der Waals surface area (Å²) >= 11 is 0. The number of hydrogen-bond donors (Lipinski definition) is 1. The Bertz CT molecular complexity index is 483. The summed E-state index contributed by atoms with van der Waals surface area (Å²) in [5.74, 6) is 0.946. The maximum Gasteiger partial charge on any atom is 0.130 e. The molecule has 2 aliphatic rings. The van der Waals surface area contributed by atoms with Crippen LogP contribution in [0.5, 0.6) is 5.75 Å². The van der Waals surface area contributed by atoms with Crippen LogP contribution in [0.2, 0.25) is 0 Å². The molecule has 15 heavy (non-hydrogen) atoms. The van der Waals surface area contributed by atoms with Crippen molar-refractivity contribution in [2.45, 2.75) is 6.42 Å². The zero-order valence-corrected chi connectivity index (χ0v) is 8.23. The summed E-state index contributed by atoms with van der Waals surface area (Å²) in [6.45, 7) is 0. The van der Waals surface area contributed by atoms with Crippen LogP contribution in [-0.4, -0.2) is 0 Å². The normalized spacial score (nSPS) is 17.3. The minimum atomic E-state index is 0.916. The molecule has 0 radical (unpaired) electrons. The molecular formula is C13H11NO. The Morgan fingerprint density at radius 1 is 1.20 bits per heavy atom. The van der Waals surface area contributed by atoms with Crippen molar-refractivity contribution >= 4 is 0 Å². The molecular weight excluding hydrogens is 186 g/mol. The van der Waals surface area contributed by atoms with Crippen LogP contribution in [-0.2, 0) is 6.42 Å². The first kappa shape index (κ1) is 8.36. The van der Waals surface area contributed by atoms with Crippen LogP contribution in [0.1, 0.15) is 5.56 Å². The molecule has 0 bridgehead atoms. The Kier molecular flexibility index (Phi) is 1.85. The lowest BCUT2D eigenvalue weighted by Crippen LogP contribution is -2.11. The van der Waals surface area contributed by atoms with Gasteiger partial charge in [0.25, 0.3) is 0 Å². The zero-order chi connectivity index (χ0) is 10.1. The van der Waals surface area contributed by atoms with Gasteiger partial charge in [-0.1, -0.05) is 24.3 Å². The fourth-order valence-electron chi connectivity index (χ4n) is 1.84. The van der Waals surface area contributed by atoms with Gasteiger partial charge >= 0.3 is 0 Å². The van der Waals surface area contributed by atoms with Crippen LogP contribution < -0.4 is 10.1 Å². The molecule has 0 unspecified atom stereocenters. The molecule has 74 valence electrons. The van der Waals surface area contributed by atoms with Crippen molar-refractivity contribution in [2.24, 2.45) is 0 Å². The van der Waals surface area contributed by atoms with Crippen molar-refractivity contribution in [1.82, 2.24) is 5.32 Å². The molecule has 2 heterocycles. The molecule has 2 heteroatoms. The Labute approximate surface area is 88.6 Å². The van der Waals surface area contributed by atoms with E-state index < -0.39 is 0 Å². The third kappa shape index (κ3) is 1.44. The van der Waals surface area contributed by atoms with E-state index in [2.05, 4.69) is 17.5 Å². The van der Waals surface area contributed by atoms with Crippen molar-refractivity contribution < 1.29 is 4.74 Å². The molecule has 0 aromatic heterocycles. The highest BCUT2D eigenvalue weighted by molar-refractivity contribution is 5.46. The SMILES string of the molecule is C1=CNC2=COc3ccccc3CC2=C1. The number of hydrogen-bond acceptors (Lipinski definition) is 2. The first-order chi connectivity index (χ1) is 7.43. The molecule has 0 fully saturated rings. The number of para-hydroxylation sites is 1. The van der Waals surface area contributed by atoms with E-state index in [1.165, 1.54) is 11.1 Å². The number of allylic oxidation sites excluding steroid dienone is 3. The highest BCUT2D eigenvalue weighted by Crippen LogP contribution is 2.28. The van der Waals surface area contributed by atoms with Gasteiger partial charge in [-0.15, -0.1) is 0 Å². The van der Waals surface area contributed by atoms with E-state index >= 15 is 0 Å². The van der Waals surface area contributed by atoms with Gasteiger partial charge in [0.05, 0.1) is 5.70 Å². The Balaban J connectivity index is 2.07. The van der Waals surface area contributed by atoms with Crippen molar-refractivity contribution in [2.75, 3.05) is 0 Å². The first-order valence-corrected chi connectivity index (χ1v) is 5.01. The number of rotatable bonds is 0. The number of ether oxygens (including phenoxy) is 1. The van der Waals surface area contributed by atoms with E-state index in [0.29, 0.717) is 0 Å². The molecule has 0 atom stereocenters. The van der Waals surface area contributed by atoms with Crippen LogP contribution in [0.3, 0.4) is 0 Å². The highest BCUT2D eigenvalue weighted by atomic mass is 16.5. The van der Waals surface area contributed by atoms with E-state index in [9.17, 15) is 0 Å². The molecule has 0 saturated carbocycles. The van der Waals surface area contributed by atoms with E-state index in [0.717, 1.165) is 17.9 Å². The summed E-state index contributed by atoms with van der Waals surface area (Å²) in [7, 11) is 0. The molecule has 2 nitrogen and oxygen atoms in total. The van der Waals surface area contributed by atoms with Gasteiger partial charge in [0, 0.05) is 12.6 Å². The summed E-state index contributed by atoms with van der Waals surface area (Å²) in [5.41, 5.74) is 3.54. The fraction of sp³-hybridized carbons (Fsp3) is 0.0769. The lowest BCUT2D eigenvalue weighted by Gasteiger charge is -2.11. The van der Waals surface area contributed by atoms with Gasteiger partial charge in [-0.3, -0.25) is 0 Å². The highest BCUT2D eigenvalue weighted by Gasteiger charge is 2.14. The second-order valence-corrected chi connectivity index (χ2v) is 3.63. The summed E-state index contributed by atoms with van der Waals surface area (Å²) in [6.07, 6.45) is 8.74. The first-order valence-electron chi connectivity index (χ1n) is 5.01. The fourth-order valence-corrected chi connectivity index (χ4v) is 1.84. The maximum atomic E-state index is 5.62. The topological polar surface area (TPSA) is 21.3 Å². The standard InChI is InChI=1S/C13H11NO/c1-2-6-13-11(4-1)8-10-5-3-7-14-12(10)9-15-13/h1-7,9,14H,8H2. The minimum Gasteiger partial charge on any atom is -0.463 e. The average Bonchev–Trinajstić information content (AvgIpc) is 2.48. The van der Waals surface area contributed by atoms with Crippen molar-refractivity contribution in [3.8, 4) is 5.75 Å². The van der Waals surface area contributed by atoms with E-state index in [4.69, 9.17) is 4.74 Å². The second kappa shape index (κ2) is 3.31. The molecule has 0 aliphatic carbocycles. The molecule has 0 saturated heterocycles. The predicted octanol–water partition coefficient (Wildman–Crippen LogP) is 2.51. The summed E-state index contributed by atoms with van der Waals surface area (Å²) in [5, 5.41) is 3.18. The second-order valence-electron chi connectivity index (χ2n) is 3.63. The van der Waals surface area contributed by atoms with Crippen molar-refractivity contribution in [1.29, 1.82) is 0 Å². The molecule has 1 aromatic carbocycles. The Hall–Kier alpha value is -1.96. The van der Waals surface area contributed by atoms with E-state index in [1.807, 2.05) is 30.5 Å². The van der Waals surface area contributed by atoms with Crippen LogP contribution in [0.25, 0.3) is 0 Å². The molecule has 2 aliphatic heterocycles. The number of fused-ring (bicyclic) bond motifs is 2. The van der Waals surface area contributed by atoms with Crippen LogP contribution in [0.4, 0.5) is 0 Å². The van der Waals surface area contributed by atoms with E-state index in [-0.39, 0.29) is 0 Å². The smallest absolute Gasteiger partial charge is 0.130 e. The van der Waals surface area contributed by atoms with Gasteiger partial charge < -0.3 is 10.1 Å². The third-order valence-corrected chi connectivity index (χ3v) is 2.64. The lowest BCUT2D eigenvalue weighted by molar-refractivity contribution is 0.473. The number of benzene rings is 1. The van der Waals surface area contributed by atoms with E-state index in [1.54, 1.807) is 6.26 Å². The Morgan fingerprint density at radius 3 is 3.13 bits per heavy atom. The molecule has 1 N–H and O–H groups in total. The molecule has 3 rings (SSSR count). The molecule has 0 amide bonds. The van der Waals surface area contributed by atoms with Crippen molar-refractivity contribution in [3.05, 3.63) is 65.7 Å². The molecule has 0 spiro atoms. The van der Waals surface area contributed by atoms with Gasteiger partial charge in [-0.05, 0) is 23.3 Å². The van der Waals surface area contributed by atoms with Gasteiger partial charge in [-0.2, -0.15) is 0 Å². The third-order valence-electron chi connectivity index (χ3n) is 2.64. The monoisotopic (exact) mass is 197 g/mol. The predicted molar refractivity (Wildman–Crippen MR) is 59.2 cm³/mol. The van der Waals surface area contributed by atoms with Gasteiger partial charge in [0.2, 0.25) is 0 Å². The Morgan fingerprint density at radius 2 is 2.13 bits per heavy atom. The van der Waals surface area contributed by atoms with Gasteiger partial charge in [0.1, 0.15) is 12.0 Å². The number of nitrogens with one attached hydrogen (secondary N) is 1. The summed E-state index contributed by atoms with van der Waals surface area (Å²) in [6, 6.07) is 8.13. The maximum absolute atomic E-state index is 5.62. The van der Waals surface area contributed by atoms with Crippen molar-refractivity contribution in [3.63, 3.8) is 0 Å².